The summed E-state index contributed by atoms with van der Waals surface area (Å²) in [6.45, 7) is 5.62. The van der Waals surface area contributed by atoms with Crippen molar-refractivity contribution in [2.75, 3.05) is 25.0 Å². The highest BCUT2D eigenvalue weighted by Crippen LogP contribution is 2.30. The van der Waals surface area contributed by atoms with Gasteiger partial charge in [0.15, 0.2) is 0 Å². The normalized spacial score (nSPS) is 25.0. The molecule has 0 unspecified atom stereocenters. The Bertz CT molecular complexity index is 590. The molecule has 0 saturated carbocycles. The minimum absolute atomic E-state index is 0.0552. The Morgan fingerprint density at radius 1 is 1.22 bits per heavy atom. The van der Waals surface area contributed by atoms with Crippen LogP contribution in [0.15, 0.2) is 0 Å². The number of hydrogen-bond donors (Lipinski definition) is 1. The number of carbonyl (C=O) groups is 2. The molecule has 7 nitrogen and oxygen atoms in total. The summed E-state index contributed by atoms with van der Waals surface area (Å²) in [5, 5.41) is 12.0. The maximum Gasteiger partial charge on any atom is 0.240 e. The average molecular weight is 337 g/mol. The summed E-state index contributed by atoms with van der Waals surface area (Å²) in [6, 6.07) is 0.551. The van der Waals surface area contributed by atoms with Gasteiger partial charge in [0, 0.05) is 25.6 Å². The van der Waals surface area contributed by atoms with Crippen LogP contribution in [0.3, 0.4) is 0 Å². The second kappa shape index (κ2) is 6.92. The number of likely N-dealkylation sites (tertiary alicyclic amines) is 2. The number of aryl methyl sites for hydroxylation is 1. The summed E-state index contributed by atoms with van der Waals surface area (Å²) in [5.41, 5.74) is 0. The van der Waals surface area contributed by atoms with Crippen LogP contribution in [-0.4, -0.2) is 63.5 Å². The molecule has 3 rings (SSSR count). The van der Waals surface area contributed by atoms with E-state index in [4.69, 9.17) is 0 Å². The number of nitrogens with one attached hydrogen (secondary N) is 1. The molecule has 1 aromatic rings. The first-order valence-electron chi connectivity index (χ1n) is 8.16. The minimum atomic E-state index is -0.0552. The highest BCUT2D eigenvalue weighted by Gasteiger charge is 2.39. The van der Waals surface area contributed by atoms with Gasteiger partial charge in [0.2, 0.25) is 16.9 Å². The molecule has 8 heteroatoms. The van der Waals surface area contributed by atoms with Crippen molar-refractivity contribution in [3.8, 4) is 0 Å². The largest absolute Gasteiger partial charge is 0.338 e. The van der Waals surface area contributed by atoms with Crippen molar-refractivity contribution >= 4 is 28.3 Å². The minimum Gasteiger partial charge on any atom is -0.338 e. The third-order valence-electron chi connectivity index (χ3n) is 4.68. The van der Waals surface area contributed by atoms with Gasteiger partial charge in [0.05, 0.1) is 6.54 Å². The molecule has 1 N–H and O–H groups in total. The van der Waals surface area contributed by atoms with Gasteiger partial charge in [-0.25, -0.2) is 0 Å². The van der Waals surface area contributed by atoms with E-state index in [-0.39, 0.29) is 17.9 Å². The highest BCUT2D eigenvalue weighted by atomic mass is 32.1. The van der Waals surface area contributed by atoms with Gasteiger partial charge in [-0.05, 0) is 39.2 Å². The molecule has 126 valence electrons. The predicted octanol–water partition coefficient (Wildman–Crippen LogP) is 1.26. The second-order valence-electron chi connectivity index (χ2n) is 6.28. The fraction of sp³-hybridized carbons (Fsp3) is 0.733. The number of carbonyl (C=O) groups excluding carboxylic acids is 2. The lowest BCUT2D eigenvalue weighted by molar-refractivity contribution is -0.130. The standard InChI is InChI=1S/C15H23N5O2S/c1-10-17-18-15(23-10)16-14(22)9-19-7-3-5-12(19)13-6-4-8-20(13)11(2)21/h12-13H,3-9H2,1-2H3,(H,16,18,22)/t12-,13+/m0/s1. The van der Waals surface area contributed by atoms with E-state index in [0.29, 0.717) is 17.7 Å². The fourth-order valence-corrected chi connectivity index (χ4v) is 4.37. The maximum absolute atomic E-state index is 12.3. The summed E-state index contributed by atoms with van der Waals surface area (Å²) in [5.74, 6) is 0.0913. The topological polar surface area (TPSA) is 78.4 Å². The Kier molecular flexibility index (Phi) is 4.91. The van der Waals surface area contributed by atoms with E-state index in [1.54, 1.807) is 6.92 Å². The van der Waals surface area contributed by atoms with E-state index in [1.807, 2.05) is 11.8 Å². The lowest BCUT2D eigenvalue weighted by atomic mass is 10.0. The Hall–Kier alpha value is -1.54. The first-order chi connectivity index (χ1) is 11.0. The van der Waals surface area contributed by atoms with E-state index < -0.39 is 0 Å². The molecule has 2 fully saturated rings. The Labute approximate surface area is 140 Å². The van der Waals surface area contributed by atoms with Gasteiger partial charge >= 0.3 is 0 Å². The zero-order chi connectivity index (χ0) is 16.4. The van der Waals surface area contributed by atoms with Crippen LogP contribution in [-0.2, 0) is 9.59 Å². The third kappa shape index (κ3) is 3.69. The smallest absolute Gasteiger partial charge is 0.240 e. The number of anilines is 1. The van der Waals surface area contributed by atoms with Gasteiger partial charge in [-0.2, -0.15) is 0 Å². The molecule has 0 radical (unpaired) electrons. The molecule has 23 heavy (non-hydrogen) atoms. The summed E-state index contributed by atoms with van der Waals surface area (Å²) in [4.78, 5) is 28.3. The van der Waals surface area contributed by atoms with Crippen molar-refractivity contribution in [3.63, 3.8) is 0 Å². The van der Waals surface area contributed by atoms with Crippen LogP contribution in [0.4, 0.5) is 5.13 Å². The second-order valence-corrected chi connectivity index (χ2v) is 7.46. The number of nitrogens with zero attached hydrogens (tertiary/aromatic N) is 4. The monoisotopic (exact) mass is 337 g/mol. The van der Waals surface area contributed by atoms with E-state index in [0.717, 1.165) is 43.8 Å². The zero-order valence-corrected chi connectivity index (χ0v) is 14.4. The molecule has 0 spiro atoms. The van der Waals surface area contributed by atoms with Crippen molar-refractivity contribution in [2.45, 2.75) is 51.6 Å². The Morgan fingerprint density at radius 3 is 2.65 bits per heavy atom. The number of aromatic nitrogens is 2. The first-order valence-corrected chi connectivity index (χ1v) is 8.97. The third-order valence-corrected chi connectivity index (χ3v) is 5.44. The SMILES string of the molecule is CC(=O)N1CCC[C@@H]1[C@@H]1CCCN1CC(=O)Nc1nnc(C)s1. The van der Waals surface area contributed by atoms with Crippen molar-refractivity contribution in [2.24, 2.45) is 0 Å². The van der Waals surface area contributed by atoms with Crippen LogP contribution >= 0.6 is 11.3 Å². The first kappa shape index (κ1) is 16.3. The quantitative estimate of drug-likeness (QED) is 0.895. The van der Waals surface area contributed by atoms with Crippen molar-refractivity contribution in [3.05, 3.63) is 5.01 Å². The fourth-order valence-electron chi connectivity index (χ4n) is 3.76. The van der Waals surface area contributed by atoms with E-state index in [2.05, 4.69) is 20.4 Å². The van der Waals surface area contributed by atoms with Crippen LogP contribution in [0.25, 0.3) is 0 Å². The van der Waals surface area contributed by atoms with Crippen molar-refractivity contribution < 1.29 is 9.59 Å². The molecule has 0 aliphatic carbocycles. The summed E-state index contributed by atoms with van der Waals surface area (Å²) < 4.78 is 0. The average Bonchev–Trinajstić information content (AvgIpc) is 3.18. The Balaban J connectivity index is 1.60. The molecule has 3 heterocycles. The predicted molar refractivity (Wildman–Crippen MR) is 88.3 cm³/mol. The molecule has 1 aromatic heterocycles. The lowest BCUT2D eigenvalue weighted by Crippen LogP contribution is -2.49. The molecular formula is C15H23N5O2S. The summed E-state index contributed by atoms with van der Waals surface area (Å²) in [7, 11) is 0. The zero-order valence-electron chi connectivity index (χ0n) is 13.6. The lowest BCUT2D eigenvalue weighted by Gasteiger charge is -2.34. The van der Waals surface area contributed by atoms with Gasteiger partial charge in [0.25, 0.3) is 0 Å². The summed E-state index contributed by atoms with van der Waals surface area (Å²) >= 11 is 1.38. The summed E-state index contributed by atoms with van der Waals surface area (Å²) in [6.07, 6.45) is 4.24. The van der Waals surface area contributed by atoms with Gasteiger partial charge < -0.3 is 4.90 Å². The van der Waals surface area contributed by atoms with Crippen LogP contribution in [0.5, 0.6) is 0 Å². The Morgan fingerprint density at radius 2 is 1.96 bits per heavy atom. The van der Waals surface area contributed by atoms with E-state index in [1.165, 1.54) is 11.3 Å². The van der Waals surface area contributed by atoms with Crippen LogP contribution in [0, 0.1) is 6.92 Å². The number of amides is 2. The van der Waals surface area contributed by atoms with Gasteiger partial charge in [-0.1, -0.05) is 11.3 Å². The van der Waals surface area contributed by atoms with Crippen molar-refractivity contribution in [1.29, 1.82) is 0 Å². The van der Waals surface area contributed by atoms with Crippen LogP contribution < -0.4 is 5.32 Å². The molecule has 0 bridgehead atoms. The van der Waals surface area contributed by atoms with Crippen molar-refractivity contribution in [1.82, 2.24) is 20.0 Å². The van der Waals surface area contributed by atoms with Crippen LogP contribution in [0.1, 0.15) is 37.6 Å². The molecular weight excluding hydrogens is 314 g/mol. The van der Waals surface area contributed by atoms with Gasteiger partial charge in [-0.3, -0.25) is 19.8 Å². The molecule has 2 aliphatic heterocycles. The van der Waals surface area contributed by atoms with E-state index in [9.17, 15) is 9.59 Å². The highest BCUT2D eigenvalue weighted by molar-refractivity contribution is 7.15. The number of rotatable bonds is 4. The molecule has 2 amide bonds. The van der Waals surface area contributed by atoms with Crippen LogP contribution in [0.2, 0.25) is 0 Å². The number of hydrogen-bond acceptors (Lipinski definition) is 6. The van der Waals surface area contributed by atoms with Gasteiger partial charge in [-0.15, -0.1) is 10.2 Å². The van der Waals surface area contributed by atoms with E-state index >= 15 is 0 Å². The van der Waals surface area contributed by atoms with Gasteiger partial charge in [0.1, 0.15) is 5.01 Å². The molecule has 2 atom stereocenters. The maximum atomic E-state index is 12.3. The molecule has 2 saturated heterocycles. The molecule has 2 aliphatic rings. The molecule has 0 aromatic carbocycles.